The average molecular weight is 348 g/mol. The Morgan fingerprint density at radius 2 is 1.13 bits per heavy atom. The van der Waals surface area contributed by atoms with Gasteiger partial charge < -0.3 is 55.9 Å². The van der Waals surface area contributed by atoms with Crippen molar-refractivity contribution in [3.8, 4) is 0 Å². The van der Waals surface area contributed by atoms with Gasteiger partial charge in [-0.3, -0.25) is 0 Å². The number of hydrogen-bond acceptors (Lipinski definition) is 11. The van der Waals surface area contributed by atoms with E-state index in [0.29, 0.717) is 6.42 Å². The van der Waals surface area contributed by atoms with Crippen molar-refractivity contribution >= 4 is 6.29 Å². The Bertz CT molecular complexity index is 235. The van der Waals surface area contributed by atoms with Gasteiger partial charge in [0, 0.05) is 13.2 Å². The molecule has 0 aliphatic heterocycles. The highest BCUT2D eigenvalue weighted by Gasteiger charge is 2.29. The molecule has 0 saturated heterocycles. The number of rotatable bonds is 9. The maximum atomic E-state index is 9.90. The first-order valence-electron chi connectivity index (χ1n) is 6.67. The second-order valence-corrected chi connectivity index (χ2v) is 4.18. The van der Waals surface area contributed by atoms with Gasteiger partial charge in [-0.2, -0.15) is 0 Å². The molecule has 23 heavy (non-hydrogen) atoms. The van der Waals surface area contributed by atoms with Crippen LogP contribution in [0.3, 0.4) is 0 Å². The van der Waals surface area contributed by atoms with Crippen molar-refractivity contribution in [1.82, 2.24) is 0 Å². The van der Waals surface area contributed by atoms with E-state index in [-0.39, 0.29) is 32.7 Å². The summed E-state index contributed by atoms with van der Waals surface area (Å²) in [5, 5.41) is 83.4. The summed E-state index contributed by atoms with van der Waals surface area (Å²) in [6.45, 7) is -1.30. The first kappa shape index (κ1) is 27.1. The average Bonchev–Trinajstić information content (AvgIpc) is 2.59. The number of hydrogen-bond donors (Lipinski definition) is 10. The molecule has 0 amide bonds. The lowest BCUT2D eigenvalue weighted by Crippen LogP contribution is -2.46. The molecular formula is C12H28O11. The number of aliphatic hydroxyl groups excluding tert-OH is 10. The second-order valence-electron chi connectivity index (χ2n) is 4.18. The zero-order valence-corrected chi connectivity index (χ0v) is 12.6. The molecule has 142 valence electrons. The van der Waals surface area contributed by atoms with Crippen LogP contribution in [-0.4, -0.2) is 121 Å². The highest BCUT2D eigenvalue weighted by Crippen LogP contribution is 2.02. The van der Waals surface area contributed by atoms with E-state index in [1.54, 1.807) is 0 Å². The topological polar surface area (TPSA) is 219 Å². The summed E-state index contributed by atoms with van der Waals surface area (Å²) in [4.78, 5) is 9.90. The molecule has 0 rings (SSSR count). The number of carbonyl (C=O) groups is 1. The normalized spacial score (nSPS) is 15.4. The standard InChI is InChI=1S/C6H12O6.C3H8O3.C3H8O2/c7-1-3(9)5(11)6(12)4(10)2-8;4-1-3(6)2-5;4-2-1-3-5/h1,3-6,8-12H,2H2;3-6H,1-2H2;4-5H,1-3H2/t3-,4+,5+,6+;;/m0../s1. The summed E-state index contributed by atoms with van der Waals surface area (Å²) in [6, 6.07) is 0. The second kappa shape index (κ2) is 19.3. The molecule has 0 radical (unpaired) electrons. The van der Waals surface area contributed by atoms with Crippen molar-refractivity contribution in [3.05, 3.63) is 0 Å². The molecular weight excluding hydrogens is 320 g/mol. The molecule has 10 N–H and O–H groups in total. The fraction of sp³-hybridized carbons (Fsp3) is 0.917. The van der Waals surface area contributed by atoms with Gasteiger partial charge >= 0.3 is 0 Å². The first-order chi connectivity index (χ1) is 10.8. The molecule has 0 fully saturated rings. The van der Waals surface area contributed by atoms with Gasteiger partial charge in [-0.15, -0.1) is 0 Å². The largest absolute Gasteiger partial charge is 0.396 e. The predicted molar refractivity (Wildman–Crippen MR) is 76.1 cm³/mol. The minimum atomic E-state index is -1.79. The van der Waals surface area contributed by atoms with Gasteiger partial charge in [0.15, 0.2) is 6.29 Å². The molecule has 0 aliphatic carbocycles. The lowest BCUT2D eigenvalue weighted by molar-refractivity contribution is -0.136. The van der Waals surface area contributed by atoms with E-state index in [1.807, 2.05) is 0 Å². The Hall–Kier alpha value is -0.730. The Morgan fingerprint density at radius 1 is 0.696 bits per heavy atom. The van der Waals surface area contributed by atoms with Crippen LogP contribution in [-0.2, 0) is 4.79 Å². The van der Waals surface area contributed by atoms with Crippen LogP contribution in [0.2, 0.25) is 0 Å². The monoisotopic (exact) mass is 348 g/mol. The Labute approximate surface area is 133 Å². The summed E-state index contributed by atoms with van der Waals surface area (Å²) in [6.07, 6.45) is -7.29. The van der Waals surface area contributed by atoms with Crippen molar-refractivity contribution in [2.45, 2.75) is 36.9 Å². The lowest BCUT2D eigenvalue weighted by Gasteiger charge is -2.22. The summed E-state index contributed by atoms with van der Waals surface area (Å²) in [5.74, 6) is 0. The molecule has 0 unspecified atom stereocenters. The molecule has 11 nitrogen and oxygen atoms in total. The zero-order chi connectivity index (χ0) is 18.8. The van der Waals surface area contributed by atoms with Crippen molar-refractivity contribution in [3.63, 3.8) is 0 Å². The number of carbonyl (C=O) groups excluding carboxylic acids is 1. The third-order valence-electron chi connectivity index (χ3n) is 2.16. The SMILES string of the molecule is O=C[C@H](O)[C@@H](O)[C@H](O)[C@H](O)CO.OCC(O)CO.OCCCO. The van der Waals surface area contributed by atoms with Crippen molar-refractivity contribution in [2.24, 2.45) is 0 Å². The summed E-state index contributed by atoms with van der Waals surface area (Å²) in [7, 11) is 0. The van der Waals surface area contributed by atoms with Gasteiger partial charge in [-0.05, 0) is 6.42 Å². The van der Waals surface area contributed by atoms with Crippen LogP contribution < -0.4 is 0 Å². The highest BCUT2D eigenvalue weighted by molar-refractivity contribution is 5.56. The summed E-state index contributed by atoms with van der Waals surface area (Å²) < 4.78 is 0. The van der Waals surface area contributed by atoms with Gasteiger partial charge in [0.25, 0.3) is 0 Å². The third-order valence-corrected chi connectivity index (χ3v) is 2.16. The van der Waals surface area contributed by atoms with Crippen LogP contribution in [0.4, 0.5) is 0 Å². The van der Waals surface area contributed by atoms with Crippen molar-refractivity contribution < 1.29 is 55.9 Å². The molecule has 0 bridgehead atoms. The smallest absolute Gasteiger partial charge is 0.151 e. The van der Waals surface area contributed by atoms with E-state index in [1.165, 1.54) is 0 Å². The maximum absolute atomic E-state index is 9.90. The van der Waals surface area contributed by atoms with Crippen LogP contribution in [0.5, 0.6) is 0 Å². The number of aliphatic hydroxyl groups is 10. The van der Waals surface area contributed by atoms with Crippen molar-refractivity contribution in [1.29, 1.82) is 0 Å². The van der Waals surface area contributed by atoms with Crippen molar-refractivity contribution in [2.75, 3.05) is 33.0 Å². The summed E-state index contributed by atoms with van der Waals surface area (Å²) >= 11 is 0. The first-order valence-corrected chi connectivity index (χ1v) is 6.67. The van der Waals surface area contributed by atoms with Gasteiger partial charge in [-0.25, -0.2) is 0 Å². The van der Waals surface area contributed by atoms with Crippen LogP contribution in [0.1, 0.15) is 6.42 Å². The van der Waals surface area contributed by atoms with Gasteiger partial charge in [0.1, 0.15) is 30.5 Å². The van der Waals surface area contributed by atoms with Gasteiger partial charge in [0.2, 0.25) is 0 Å². The third kappa shape index (κ3) is 17.5. The van der Waals surface area contributed by atoms with E-state index in [9.17, 15) is 4.79 Å². The van der Waals surface area contributed by atoms with Gasteiger partial charge in [0.05, 0.1) is 19.8 Å². The molecule has 0 saturated carbocycles. The molecule has 0 heterocycles. The fourth-order valence-corrected chi connectivity index (χ4v) is 0.747. The lowest BCUT2D eigenvalue weighted by atomic mass is 10.0. The van der Waals surface area contributed by atoms with E-state index < -0.39 is 37.1 Å². The van der Waals surface area contributed by atoms with E-state index in [4.69, 9.17) is 51.1 Å². The zero-order valence-electron chi connectivity index (χ0n) is 12.6. The minimum absolute atomic E-state index is 0.0258. The van der Waals surface area contributed by atoms with E-state index in [0.717, 1.165) is 0 Å². The molecule has 0 aromatic carbocycles. The highest BCUT2D eigenvalue weighted by atomic mass is 16.4. The molecule has 0 aromatic heterocycles. The Kier molecular flexibility index (Phi) is 22.8. The maximum Gasteiger partial charge on any atom is 0.151 e. The Morgan fingerprint density at radius 3 is 1.30 bits per heavy atom. The van der Waals surface area contributed by atoms with E-state index >= 15 is 0 Å². The number of aldehydes is 1. The van der Waals surface area contributed by atoms with Crippen LogP contribution in [0.15, 0.2) is 0 Å². The fourth-order valence-electron chi connectivity index (χ4n) is 0.747. The Balaban J connectivity index is -0.000000303. The molecule has 4 atom stereocenters. The minimum Gasteiger partial charge on any atom is -0.396 e. The van der Waals surface area contributed by atoms with Gasteiger partial charge in [-0.1, -0.05) is 0 Å². The van der Waals surface area contributed by atoms with Crippen LogP contribution in [0.25, 0.3) is 0 Å². The predicted octanol–water partition coefficient (Wildman–Crippen LogP) is -5.69. The molecule has 0 aromatic rings. The molecule has 0 aliphatic rings. The van der Waals surface area contributed by atoms with Crippen LogP contribution >= 0.6 is 0 Å². The van der Waals surface area contributed by atoms with Crippen LogP contribution in [0, 0.1) is 0 Å². The summed E-state index contributed by atoms with van der Waals surface area (Å²) in [5.41, 5.74) is 0. The molecule has 0 spiro atoms. The van der Waals surface area contributed by atoms with E-state index in [2.05, 4.69) is 0 Å². The quantitative estimate of drug-likeness (QED) is 0.177. The molecule has 11 heteroatoms.